The fraction of sp³-hybridized carbons (Fsp3) is 0.409. The number of hydrogen-bond acceptors (Lipinski definition) is 13. The number of benzene rings is 1. The molecule has 1 aromatic carbocycles. The quantitative estimate of drug-likeness (QED) is 0.190. The van der Waals surface area contributed by atoms with E-state index >= 15 is 0 Å². The van der Waals surface area contributed by atoms with Gasteiger partial charge in [0.1, 0.15) is 18.3 Å². The molecule has 1 aliphatic heterocycles. The Labute approximate surface area is 218 Å². The first-order valence-corrected chi connectivity index (χ1v) is 11.5. The number of rotatable bonds is 9. The third kappa shape index (κ3) is 6.18. The Morgan fingerprint density at radius 2 is 1.71 bits per heavy atom. The first-order valence-electron chi connectivity index (χ1n) is 11.1. The Hall–Kier alpha value is -4.24. The van der Waals surface area contributed by atoms with Gasteiger partial charge in [0.2, 0.25) is 6.79 Å². The van der Waals surface area contributed by atoms with Crippen molar-refractivity contribution in [1.82, 2.24) is 4.98 Å². The topological polar surface area (TPSA) is 189 Å². The summed E-state index contributed by atoms with van der Waals surface area (Å²) in [6.45, 7) is 0.943. The number of pyridine rings is 1. The van der Waals surface area contributed by atoms with Crippen molar-refractivity contribution in [3.63, 3.8) is 0 Å². The molecule has 4 atom stereocenters. The molecule has 4 rings (SSSR count). The summed E-state index contributed by atoms with van der Waals surface area (Å²) in [5, 5.41) is 19.5. The maximum absolute atomic E-state index is 12.3. The Morgan fingerprint density at radius 3 is 2.32 bits per heavy atom. The smallest absolute Gasteiger partial charge is 0.427 e. The van der Waals surface area contributed by atoms with Crippen molar-refractivity contribution in [3.05, 3.63) is 78.1 Å². The van der Waals surface area contributed by atoms with Gasteiger partial charge >= 0.3 is 12.1 Å². The van der Waals surface area contributed by atoms with Crippen LogP contribution in [0.15, 0.2) is 30.5 Å². The minimum Gasteiger partial charge on any atom is -0.427 e. The third-order valence-corrected chi connectivity index (χ3v) is 6.24. The summed E-state index contributed by atoms with van der Waals surface area (Å²) in [6, 6.07) is 7.08. The molecule has 1 unspecified atom stereocenters. The summed E-state index contributed by atoms with van der Waals surface area (Å²) >= 11 is 5.95. The van der Waals surface area contributed by atoms with Crippen LogP contribution in [0.4, 0.5) is 4.79 Å². The van der Waals surface area contributed by atoms with Crippen LogP contribution in [0.25, 0.3) is 0 Å². The summed E-state index contributed by atoms with van der Waals surface area (Å²) in [5.74, 6) is -1.79. The van der Waals surface area contributed by atoms with Crippen molar-refractivity contribution in [2.45, 2.75) is 44.7 Å². The SMILES string of the molecule is Cc1ncc2c(c1OC(=O)OCOC(=O)C1C[C@H](O[N+](=O)[O-])[C@H](O[N+](=O)[O-])C1)CO[C@H]2c1ccc(Cl)cc1. The molecule has 0 N–H and O–H groups in total. The third-order valence-electron chi connectivity index (χ3n) is 5.99. The molecule has 2 aliphatic rings. The van der Waals surface area contributed by atoms with Gasteiger partial charge in [-0.15, -0.1) is 20.2 Å². The summed E-state index contributed by atoms with van der Waals surface area (Å²) in [5.41, 5.74) is 2.54. The fourth-order valence-corrected chi connectivity index (χ4v) is 4.42. The summed E-state index contributed by atoms with van der Waals surface area (Å²) in [4.78, 5) is 58.8. The maximum Gasteiger partial charge on any atom is 0.516 e. The number of carbonyl (C=O) groups is 2. The second-order valence-electron chi connectivity index (χ2n) is 8.33. The normalized spacial score (nSPS) is 21.7. The summed E-state index contributed by atoms with van der Waals surface area (Å²) in [7, 11) is 0. The van der Waals surface area contributed by atoms with Crippen LogP contribution in [0.2, 0.25) is 5.02 Å². The van der Waals surface area contributed by atoms with E-state index in [4.69, 9.17) is 30.5 Å². The number of esters is 1. The van der Waals surface area contributed by atoms with Gasteiger partial charge < -0.3 is 28.6 Å². The standard InChI is InChI=1S/C22H20ClN3O12/c1-11-19(16-9-33-20(15(16)8-24-11)12-2-4-14(23)5-3-12)36-22(28)35-10-34-21(27)13-6-17(37-25(29)30)18(7-13)38-26(31)32/h2-5,8,13,17-18,20H,6-7,9-10H2,1H3/t13?,17-,18+,20-/m0/s1. The number of ether oxygens (including phenoxy) is 4. The minimum atomic E-state index is -1.34. The molecule has 0 bridgehead atoms. The van der Waals surface area contributed by atoms with Crippen molar-refractivity contribution in [2.24, 2.45) is 5.92 Å². The molecular weight excluding hydrogens is 534 g/mol. The average molecular weight is 554 g/mol. The van der Waals surface area contributed by atoms with E-state index in [1.165, 1.54) is 0 Å². The van der Waals surface area contributed by atoms with E-state index in [2.05, 4.69) is 14.7 Å². The molecule has 2 aromatic rings. The van der Waals surface area contributed by atoms with Gasteiger partial charge in [0.25, 0.3) is 10.2 Å². The number of nitrogens with zero attached hydrogens (tertiary/aromatic N) is 3. The molecule has 1 aliphatic carbocycles. The fourth-order valence-electron chi connectivity index (χ4n) is 4.29. The van der Waals surface area contributed by atoms with Crippen LogP contribution in [0.5, 0.6) is 5.75 Å². The van der Waals surface area contributed by atoms with Gasteiger partial charge in [-0.25, -0.2) is 4.79 Å². The van der Waals surface area contributed by atoms with E-state index in [0.29, 0.717) is 21.8 Å². The molecule has 1 aromatic heterocycles. The lowest BCUT2D eigenvalue weighted by Gasteiger charge is -2.14. The molecule has 16 heteroatoms. The summed E-state index contributed by atoms with van der Waals surface area (Å²) in [6.07, 6.45) is -3.20. The number of hydrogen-bond donors (Lipinski definition) is 0. The van der Waals surface area contributed by atoms with Gasteiger partial charge in [-0.3, -0.25) is 9.78 Å². The van der Waals surface area contributed by atoms with E-state index < -0.39 is 53.3 Å². The molecule has 2 heterocycles. The molecule has 0 saturated heterocycles. The van der Waals surface area contributed by atoms with Crippen LogP contribution in [-0.2, 0) is 35.3 Å². The van der Waals surface area contributed by atoms with Crippen LogP contribution >= 0.6 is 11.6 Å². The Balaban J connectivity index is 1.32. The predicted octanol–water partition coefficient (Wildman–Crippen LogP) is 3.24. The lowest BCUT2D eigenvalue weighted by molar-refractivity contribution is -0.797. The van der Waals surface area contributed by atoms with Gasteiger partial charge in [-0.2, -0.15) is 0 Å². The predicted molar refractivity (Wildman–Crippen MR) is 122 cm³/mol. The number of carbonyl (C=O) groups excluding carboxylic acids is 2. The molecule has 202 valence electrons. The molecule has 38 heavy (non-hydrogen) atoms. The molecule has 15 nitrogen and oxygen atoms in total. The monoisotopic (exact) mass is 553 g/mol. The molecule has 1 fully saturated rings. The lowest BCUT2D eigenvalue weighted by Crippen LogP contribution is -2.30. The second-order valence-corrected chi connectivity index (χ2v) is 8.77. The zero-order valence-corrected chi connectivity index (χ0v) is 20.4. The first kappa shape index (κ1) is 26.8. The van der Waals surface area contributed by atoms with Crippen molar-refractivity contribution in [1.29, 1.82) is 0 Å². The van der Waals surface area contributed by atoms with Gasteiger partial charge in [-0.05, 0) is 37.5 Å². The highest BCUT2D eigenvalue weighted by Crippen LogP contribution is 2.41. The number of aryl methyl sites for hydroxylation is 1. The van der Waals surface area contributed by atoms with Gasteiger partial charge in [-0.1, -0.05) is 23.7 Å². The molecule has 0 radical (unpaired) electrons. The zero-order valence-electron chi connectivity index (χ0n) is 19.6. The highest BCUT2D eigenvalue weighted by Gasteiger charge is 2.43. The first-order chi connectivity index (χ1) is 18.1. The Bertz CT molecular complexity index is 1220. The van der Waals surface area contributed by atoms with Crippen molar-refractivity contribution >= 4 is 23.7 Å². The van der Waals surface area contributed by atoms with Gasteiger partial charge in [0, 0.05) is 22.3 Å². The number of aromatic nitrogens is 1. The molecular formula is C22H20ClN3O12. The van der Waals surface area contributed by atoms with Gasteiger partial charge in [0.15, 0.2) is 5.75 Å². The maximum atomic E-state index is 12.3. The van der Waals surface area contributed by atoms with Crippen LogP contribution in [-0.4, -0.2) is 46.3 Å². The van der Waals surface area contributed by atoms with Crippen LogP contribution in [0.1, 0.15) is 41.3 Å². The van der Waals surface area contributed by atoms with E-state index in [0.717, 1.165) is 5.56 Å². The number of halogens is 1. The average Bonchev–Trinajstić information content (AvgIpc) is 3.45. The van der Waals surface area contributed by atoms with E-state index in [1.807, 2.05) is 12.1 Å². The second kappa shape index (κ2) is 11.4. The highest BCUT2D eigenvalue weighted by atomic mass is 35.5. The van der Waals surface area contributed by atoms with Gasteiger partial charge in [0.05, 0.1) is 18.2 Å². The van der Waals surface area contributed by atoms with Crippen LogP contribution in [0, 0.1) is 33.1 Å². The Kier molecular flexibility index (Phi) is 8.07. The lowest BCUT2D eigenvalue weighted by atomic mass is 10.0. The van der Waals surface area contributed by atoms with Crippen LogP contribution in [0.3, 0.4) is 0 Å². The zero-order chi connectivity index (χ0) is 27.4. The summed E-state index contributed by atoms with van der Waals surface area (Å²) < 4.78 is 20.9. The Morgan fingerprint density at radius 1 is 1.08 bits per heavy atom. The minimum absolute atomic E-state index is 0.144. The largest absolute Gasteiger partial charge is 0.516 e. The van der Waals surface area contributed by atoms with Crippen molar-refractivity contribution < 1.29 is 48.4 Å². The highest BCUT2D eigenvalue weighted by molar-refractivity contribution is 6.30. The number of fused-ring (bicyclic) bond motifs is 1. The molecule has 0 spiro atoms. The van der Waals surface area contributed by atoms with E-state index in [1.54, 1.807) is 25.3 Å². The molecule has 1 saturated carbocycles. The molecule has 0 amide bonds. The van der Waals surface area contributed by atoms with Crippen molar-refractivity contribution in [3.8, 4) is 5.75 Å². The van der Waals surface area contributed by atoms with E-state index in [-0.39, 0.29) is 25.2 Å². The van der Waals surface area contributed by atoms with Crippen LogP contribution < -0.4 is 4.74 Å². The van der Waals surface area contributed by atoms with E-state index in [9.17, 15) is 29.8 Å². The van der Waals surface area contributed by atoms with Crippen molar-refractivity contribution in [2.75, 3.05) is 6.79 Å².